The Balaban J connectivity index is 2.04. The van der Waals surface area contributed by atoms with Crippen LogP contribution in [0.4, 0.5) is 0 Å². The zero-order valence-corrected chi connectivity index (χ0v) is 12.2. The Morgan fingerprint density at radius 1 is 1.25 bits per heavy atom. The molecule has 3 aliphatic rings. The molecule has 81 valence electrons. The minimum atomic E-state index is 0.422. The van der Waals surface area contributed by atoms with E-state index < -0.39 is 0 Å². The van der Waals surface area contributed by atoms with Gasteiger partial charge in [0.05, 0.1) is 0 Å². The maximum absolute atomic E-state index is 2.45. The van der Waals surface area contributed by atoms with Crippen molar-refractivity contribution < 1.29 is 24.7 Å². The predicted octanol–water partition coefficient (Wildman–Crippen LogP) is 4.12. The molecule has 1 saturated carbocycles. The predicted molar refractivity (Wildman–Crippen MR) is 63.6 cm³/mol. The molecule has 0 N–H and O–H groups in total. The number of rotatable bonds is 1. The summed E-state index contributed by atoms with van der Waals surface area (Å²) in [5.41, 5.74) is 3.40. The van der Waals surface area contributed by atoms with Gasteiger partial charge in [0, 0.05) is 0 Å². The Morgan fingerprint density at radius 2 is 2.06 bits per heavy atom. The van der Waals surface area contributed by atoms with Crippen LogP contribution in [0.2, 0.25) is 3.12 Å². The Bertz CT molecular complexity index is 425. The van der Waals surface area contributed by atoms with E-state index in [1.807, 2.05) is 0 Å². The molecule has 0 heterocycles. The van der Waals surface area contributed by atoms with Crippen LogP contribution in [-0.2, 0) is 24.7 Å². The van der Waals surface area contributed by atoms with Gasteiger partial charge in [-0.05, 0) is 0 Å². The molecular formula is C15H17Zr. The van der Waals surface area contributed by atoms with Crippen LogP contribution in [0.3, 0.4) is 0 Å². The van der Waals surface area contributed by atoms with Gasteiger partial charge >= 0.3 is 113 Å². The topological polar surface area (TPSA) is 0 Å². The molecule has 1 heteroatoms. The van der Waals surface area contributed by atoms with Crippen LogP contribution in [0.5, 0.6) is 0 Å². The van der Waals surface area contributed by atoms with Crippen molar-refractivity contribution in [3.05, 3.63) is 47.6 Å². The van der Waals surface area contributed by atoms with Crippen molar-refractivity contribution in [3.8, 4) is 0 Å². The van der Waals surface area contributed by atoms with Gasteiger partial charge in [-0.25, -0.2) is 0 Å². The second-order valence-electron chi connectivity index (χ2n) is 5.25. The normalized spacial score (nSPS) is 40.8. The van der Waals surface area contributed by atoms with Crippen molar-refractivity contribution >= 4 is 0 Å². The Hall–Kier alpha value is -0.157. The first-order valence-corrected chi connectivity index (χ1v) is 7.44. The van der Waals surface area contributed by atoms with E-state index in [2.05, 4.69) is 43.4 Å². The molecule has 0 amide bonds. The molecule has 0 aromatic heterocycles. The van der Waals surface area contributed by atoms with Gasteiger partial charge in [0.1, 0.15) is 0 Å². The van der Waals surface area contributed by atoms with Crippen LogP contribution < -0.4 is 0 Å². The standard InChI is InChI=1S/C15H17.Zr/c1-11-10-13-8-4-5-9-14(13)15(11)12-6-2-3-7-12;/h2-6,9,11,13H,7-8,10H2,1H3;. The summed E-state index contributed by atoms with van der Waals surface area (Å²) in [5, 5.41) is 0. The first-order chi connectivity index (χ1) is 7.73. The van der Waals surface area contributed by atoms with Crippen LogP contribution in [0, 0.1) is 11.8 Å². The molecular weight excluding hydrogens is 271 g/mol. The number of hydrogen-bond donors (Lipinski definition) is 0. The first-order valence-electron chi connectivity index (χ1n) is 6.21. The fraction of sp³-hybridized carbons (Fsp3) is 0.467. The number of allylic oxidation sites excluding steroid dienone is 8. The van der Waals surface area contributed by atoms with E-state index >= 15 is 0 Å². The average molecular weight is 289 g/mol. The molecule has 16 heavy (non-hydrogen) atoms. The summed E-state index contributed by atoms with van der Waals surface area (Å²) in [5.74, 6) is 1.66. The van der Waals surface area contributed by atoms with E-state index in [4.69, 9.17) is 0 Å². The minimum absolute atomic E-state index is 0.422. The van der Waals surface area contributed by atoms with Gasteiger partial charge in [-0.3, -0.25) is 0 Å². The summed E-state index contributed by atoms with van der Waals surface area (Å²) in [4.78, 5) is 0. The fourth-order valence-electron chi connectivity index (χ4n) is 3.48. The van der Waals surface area contributed by atoms with Crippen LogP contribution in [0.15, 0.2) is 47.6 Å². The monoisotopic (exact) mass is 287 g/mol. The van der Waals surface area contributed by atoms with Crippen molar-refractivity contribution in [2.45, 2.75) is 29.3 Å². The van der Waals surface area contributed by atoms with Gasteiger partial charge in [0.15, 0.2) is 0 Å². The molecule has 0 aliphatic heterocycles. The molecule has 0 aromatic rings. The van der Waals surface area contributed by atoms with Crippen LogP contribution >= 0.6 is 0 Å². The van der Waals surface area contributed by atoms with Crippen molar-refractivity contribution in [1.29, 1.82) is 0 Å². The molecule has 1 fully saturated rings. The molecule has 3 atom stereocenters. The molecule has 0 saturated heterocycles. The third-order valence-corrected chi connectivity index (χ3v) is 7.09. The summed E-state index contributed by atoms with van der Waals surface area (Å²) in [6.07, 6.45) is 17.8. The second kappa shape index (κ2) is 3.95. The third-order valence-electron chi connectivity index (χ3n) is 4.38. The molecule has 0 radical (unpaired) electrons. The second-order valence-corrected chi connectivity index (χ2v) is 7.19. The Kier molecular flexibility index (Phi) is 2.70. The summed E-state index contributed by atoms with van der Waals surface area (Å²) in [6.45, 7) is 2.45. The first kappa shape index (κ1) is 11.0. The van der Waals surface area contributed by atoms with Gasteiger partial charge in [-0.1, -0.05) is 0 Å². The van der Waals surface area contributed by atoms with Gasteiger partial charge in [0.25, 0.3) is 0 Å². The van der Waals surface area contributed by atoms with E-state index in [-0.39, 0.29) is 0 Å². The fourth-order valence-corrected chi connectivity index (χ4v) is 4.94. The quantitative estimate of drug-likeness (QED) is 0.681. The zero-order valence-electron chi connectivity index (χ0n) is 9.74. The zero-order chi connectivity index (χ0) is 11.2. The van der Waals surface area contributed by atoms with Crippen LogP contribution in [0.1, 0.15) is 26.2 Å². The van der Waals surface area contributed by atoms with Gasteiger partial charge in [-0.2, -0.15) is 0 Å². The van der Waals surface area contributed by atoms with Gasteiger partial charge in [0.2, 0.25) is 0 Å². The summed E-state index contributed by atoms with van der Waals surface area (Å²) < 4.78 is 0.422. The summed E-state index contributed by atoms with van der Waals surface area (Å²) >= 11 is 1.69. The molecule has 0 bridgehead atoms. The van der Waals surface area contributed by atoms with E-state index in [0.29, 0.717) is 3.12 Å². The Morgan fingerprint density at radius 3 is 2.81 bits per heavy atom. The average Bonchev–Trinajstić information content (AvgIpc) is 2.89. The van der Waals surface area contributed by atoms with Crippen LogP contribution in [-0.4, -0.2) is 0 Å². The SMILES string of the molecule is CC1CC2CC=CC=C2[C]1([Zr])C1=CC=CC1. The van der Waals surface area contributed by atoms with E-state index in [1.165, 1.54) is 19.3 Å². The van der Waals surface area contributed by atoms with E-state index in [9.17, 15) is 0 Å². The van der Waals surface area contributed by atoms with Crippen LogP contribution in [0.25, 0.3) is 0 Å². The van der Waals surface area contributed by atoms with E-state index in [1.54, 1.807) is 35.9 Å². The van der Waals surface area contributed by atoms with Gasteiger partial charge in [-0.15, -0.1) is 0 Å². The molecule has 0 spiro atoms. The summed E-state index contributed by atoms with van der Waals surface area (Å²) in [6, 6.07) is 0. The molecule has 0 aromatic carbocycles. The molecule has 3 rings (SSSR count). The maximum atomic E-state index is 2.45. The van der Waals surface area contributed by atoms with Crippen molar-refractivity contribution in [2.24, 2.45) is 11.8 Å². The molecule has 3 aliphatic carbocycles. The molecule has 3 unspecified atom stereocenters. The Labute approximate surface area is 113 Å². The summed E-state index contributed by atoms with van der Waals surface area (Å²) in [7, 11) is 0. The van der Waals surface area contributed by atoms with Gasteiger partial charge < -0.3 is 0 Å². The van der Waals surface area contributed by atoms with Crippen molar-refractivity contribution in [2.75, 3.05) is 0 Å². The number of fused-ring (bicyclic) bond motifs is 1. The number of hydrogen-bond acceptors (Lipinski definition) is 0. The van der Waals surface area contributed by atoms with Crippen molar-refractivity contribution in [1.82, 2.24) is 0 Å². The van der Waals surface area contributed by atoms with E-state index in [0.717, 1.165) is 11.8 Å². The van der Waals surface area contributed by atoms with Crippen molar-refractivity contribution in [3.63, 3.8) is 0 Å². The third kappa shape index (κ3) is 1.44. The molecule has 0 nitrogen and oxygen atoms in total.